The molecule has 0 aliphatic rings. The van der Waals surface area contributed by atoms with E-state index in [1.807, 2.05) is 6.92 Å². The van der Waals surface area contributed by atoms with Crippen LogP contribution in [0.25, 0.3) is 10.8 Å². The Bertz CT molecular complexity index is 687. The summed E-state index contributed by atoms with van der Waals surface area (Å²) in [5.41, 5.74) is 0.734. The predicted molar refractivity (Wildman–Crippen MR) is 78.4 cm³/mol. The second-order valence-corrected chi connectivity index (χ2v) is 4.79. The van der Waals surface area contributed by atoms with Gasteiger partial charge in [-0.25, -0.2) is 0 Å². The van der Waals surface area contributed by atoms with E-state index < -0.39 is 10.9 Å². The van der Waals surface area contributed by atoms with Crippen molar-refractivity contribution >= 4 is 28.1 Å². The van der Waals surface area contributed by atoms with Crippen molar-refractivity contribution < 1.29 is 14.8 Å². The second-order valence-electron chi connectivity index (χ2n) is 4.79. The molecule has 0 aliphatic heterocycles. The molecule has 0 bridgehead atoms. The molecule has 1 aromatic heterocycles. The summed E-state index contributed by atoms with van der Waals surface area (Å²) in [7, 11) is 0. The summed E-state index contributed by atoms with van der Waals surface area (Å²) in [6.45, 7) is 1.87. The minimum absolute atomic E-state index is 0.0242. The molecule has 2 aromatic rings. The van der Waals surface area contributed by atoms with Gasteiger partial charge < -0.3 is 10.4 Å². The number of aromatic nitrogens is 1. The van der Waals surface area contributed by atoms with Gasteiger partial charge in [0.15, 0.2) is 0 Å². The molecule has 1 unspecified atom stereocenters. The third-order valence-electron chi connectivity index (χ3n) is 3.18. The fourth-order valence-corrected chi connectivity index (χ4v) is 2.14. The number of rotatable bonds is 6. The lowest BCUT2D eigenvalue weighted by Gasteiger charge is -2.16. The van der Waals surface area contributed by atoms with E-state index in [9.17, 15) is 14.9 Å². The Kier molecular flexibility index (Phi) is 4.32. The summed E-state index contributed by atoms with van der Waals surface area (Å²) < 4.78 is 0. The SMILES string of the molecule is CC(CCC(=O)O)Nc1ccc([N+](=O)[O-])c2ccncc12. The summed E-state index contributed by atoms with van der Waals surface area (Å²) >= 11 is 0. The molecule has 21 heavy (non-hydrogen) atoms. The van der Waals surface area contributed by atoms with Gasteiger partial charge >= 0.3 is 5.97 Å². The Hall–Kier alpha value is -2.70. The molecular weight excluding hydrogens is 274 g/mol. The van der Waals surface area contributed by atoms with Gasteiger partial charge in [0, 0.05) is 42.0 Å². The number of carboxylic acids is 1. The van der Waals surface area contributed by atoms with E-state index in [2.05, 4.69) is 10.3 Å². The number of non-ortho nitro benzene ring substituents is 1. The third-order valence-corrected chi connectivity index (χ3v) is 3.18. The molecule has 1 aromatic carbocycles. The van der Waals surface area contributed by atoms with Crippen molar-refractivity contribution in [1.29, 1.82) is 0 Å². The molecular formula is C14H15N3O4. The van der Waals surface area contributed by atoms with Crippen LogP contribution in [0.2, 0.25) is 0 Å². The first-order valence-corrected chi connectivity index (χ1v) is 6.48. The number of hydrogen-bond acceptors (Lipinski definition) is 5. The molecule has 7 nitrogen and oxygen atoms in total. The standard InChI is InChI=1S/C14H15N3O4/c1-9(2-5-14(18)19)16-12-3-4-13(17(20)21)10-6-7-15-8-11(10)12/h3-4,6-9,16H,2,5H2,1H3,(H,18,19). The van der Waals surface area contributed by atoms with E-state index in [1.54, 1.807) is 18.3 Å². The van der Waals surface area contributed by atoms with Gasteiger partial charge in [-0.15, -0.1) is 0 Å². The van der Waals surface area contributed by atoms with Crippen molar-refractivity contribution in [2.24, 2.45) is 0 Å². The number of pyridine rings is 1. The van der Waals surface area contributed by atoms with Crippen molar-refractivity contribution in [2.75, 3.05) is 5.32 Å². The smallest absolute Gasteiger partial charge is 0.303 e. The summed E-state index contributed by atoms with van der Waals surface area (Å²) in [6.07, 6.45) is 3.60. The van der Waals surface area contributed by atoms with E-state index in [0.29, 0.717) is 22.9 Å². The van der Waals surface area contributed by atoms with Crippen molar-refractivity contribution in [1.82, 2.24) is 4.98 Å². The van der Waals surface area contributed by atoms with Crippen molar-refractivity contribution in [3.05, 3.63) is 40.7 Å². The lowest BCUT2D eigenvalue weighted by Crippen LogP contribution is -2.16. The monoisotopic (exact) mass is 289 g/mol. The number of anilines is 1. The van der Waals surface area contributed by atoms with Gasteiger partial charge in [0.2, 0.25) is 0 Å². The van der Waals surface area contributed by atoms with Gasteiger partial charge in [-0.3, -0.25) is 19.9 Å². The molecule has 1 heterocycles. The van der Waals surface area contributed by atoms with Crippen LogP contribution in [0, 0.1) is 10.1 Å². The van der Waals surface area contributed by atoms with Crippen LogP contribution in [0.15, 0.2) is 30.6 Å². The van der Waals surface area contributed by atoms with E-state index in [-0.39, 0.29) is 18.2 Å². The first-order valence-electron chi connectivity index (χ1n) is 6.48. The van der Waals surface area contributed by atoms with Gasteiger partial charge in [0.25, 0.3) is 5.69 Å². The maximum absolute atomic E-state index is 11.0. The Morgan fingerprint density at radius 2 is 2.19 bits per heavy atom. The predicted octanol–water partition coefficient (Wildman–Crippen LogP) is 2.81. The average molecular weight is 289 g/mol. The van der Waals surface area contributed by atoms with Gasteiger partial charge in [-0.2, -0.15) is 0 Å². The molecule has 110 valence electrons. The lowest BCUT2D eigenvalue weighted by molar-refractivity contribution is -0.383. The average Bonchev–Trinajstić information content (AvgIpc) is 2.45. The molecule has 0 amide bonds. The quantitative estimate of drug-likeness (QED) is 0.625. The summed E-state index contributed by atoms with van der Waals surface area (Å²) in [6, 6.07) is 4.60. The van der Waals surface area contributed by atoms with E-state index in [0.717, 1.165) is 0 Å². The zero-order chi connectivity index (χ0) is 15.4. The molecule has 0 radical (unpaired) electrons. The second kappa shape index (κ2) is 6.17. The van der Waals surface area contributed by atoms with Crippen molar-refractivity contribution in [3.63, 3.8) is 0 Å². The zero-order valence-electron chi connectivity index (χ0n) is 11.4. The highest BCUT2D eigenvalue weighted by Gasteiger charge is 2.15. The van der Waals surface area contributed by atoms with Crippen LogP contribution in [-0.2, 0) is 4.79 Å². The first-order chi connectivity index (χ1) is 9.99. The number of hydrogen-bond donors (Lipinski definition) is 2. The fourth-order valence-electron chi connectivity index (χ4n) is 2.14. The molecule has 1 atom stereocenters. The number of nitrogens with zero attached hydrogens (tertiary/aromatic N) is 2. The van der Waals surface area contributed by atoms with E-state index in [4.69, 9.17) is 5.11 Å². The molecule has 0 saturated heterocycles. The summed E-state index contributed by atoms with van der Waals surface area (Å²) in [5.74, 6) is -0.848. The van der Waals surface area contributed by atoms with Crippen LogP contribution in [0.5, 0.6) is 0 Å². The minimum Gasteiger partial charge on any atom is -0.481 e. The van der Waals surface area contributed by atoms with E-state index >= 15 is 0 Å². The van der Waals surface area contributed by atoms with Gasteiger partial charge in [0.1, 0.15) is 0 Å². The fraction of sp³-hybridized carbons (Fsp3) is 0.286. The lowest BCUT2D eigenvalue weighted by atomic mass is 10.1. The molecule has 0 aliphatic carbocycles. The van der Waals surface area contributed by atoms with Gasteiger partial charge in [-0.1, -0.05) is 0 Å². The number of carboxylic acid groups (broad SMARTS) is 1. The van der Waals surface area contributed by atoms with Crippen molar-refractivity contribution in [3.8, 4) is 0 Å². The number of fused-ring (bicyclic) bond motifs is 1. The van der Waals surface area contributed by atoms with Crippen LogP contribution in [0.1, 0.15) is 19.8 Å². The van der Waals surface area contributed by atoms with Gasteiger partial charge in [-0.05, 0) is 25.5 Å². The highest BCUT2D eigenvalue weighted by atomic mass is 16.6. The number of carbonyl (C=O) groups is 1. The number of aliphatic carboxylic acids is 1. The highest BCUT2D eigenvalue weighted by molar-refractivity contribution is 5.99. The highest BCUT2D eigenvalue weighted by Crippen LogP contribution is 2.31. The van der Waals surface area contributed by atoms with E-state index in [1.165, 1.54) is 12.3 Å². The normalized spacial score (nSPS) is 12.0. The molecule has 2 rings (SSSR count). The van der Waals surface area contributed by atoms with Crippen LogP contribution in [0.4, 0.5) is 11.4 Å². The van der Waals surface area contributed by atoms with Crippen LogP contribution in [0.3, 0.4) is 0 Å². The van der Waals surface area contributed by atoms with Gasteiger partial charge in [0.05, 0.1) is 10.3 Å². The van der Waals surface area contributed by atoms with Crippen LogP contribution < -0.4 is 5.32 Å². The topological polar surface area (TPSA) is 105 Å². The molecule has 2 N–H and O–H groups in total. The minimum atomic E-state index is -0.848. The largest absolute Gasteiger partial charge is 0.481 e. The zero-order valence-corrected chi connectivity index (χ0v) is 11.4. The Labute approximate surface area is 120 Å². The molecule has 0 fully saturated rings. The maximum atomic E-state index is 11.0. The maximum Gasteiger partial charge on any atom is 0.303 e. The number of nitro benzene ring substituents is 1. The summed E-state index contributed by atoms with van der Waals surface area (Å²) in [5, 5.41) is 24.0. The molecule has 0 saturated carbocycles. The van der Waals surface area contributed by atoms with Crippen LogP contribution in [-0.4, -0.2) is 27.0 Å². The third kappa shape index (κ3) is 3.44. The Balaban J connectivity index is 2.31. The number of benzene rings is 1. The van der Waals surface area contributed by atoms with Crippen LogP contribution >= 0.6 is 0 Å². The van der Waals surface area contributed by atoms with Crippen molar-refractivity contribution in [2.45, 2.75) is 25.8 Å². The first kappa shape index (κ1) is 14.7. The Morgan fingerprint density at radius 1 is 1.43 bits per heavy atom. The molecule has 0 spiro atoms. The number of nitro groups is 1. The summed E-state index contributed by atoms with van der Waals surface area (Å²) in [4.78, 5) is 25.2. The number of nitrogens with one attached hydrogen (secondary N) is 1. The Morgan fingerprint density at radius 3 is 2.86 bits per heavy atom. The molecule has 7 heteroatoms.